The molecule has 0 fully saturated rings. The minimum absolute atomic E-state index is 0.592. The molecule has 6 heteroatoms. The molecule has 15 heavy (non-hydrogen) atoms. The molecule has 0 aliphatic rings. The Kier molecular flexibility index (Phi) is 15.0. The highest BCUT2D eigenvalue weighted by atomic mass is 127. The highest BCUT2D eigenvalue weighted by Crippen LogP contribution is 1.86. The second-order valence-corrected chi connectivity index (χ2v) is 3.27. The summed E-state index contributed by atoms with van der Waals surface area (Å²) < 4.78 is 25.3. The third-order valence-electron chi connectivity index (χ3n) is 1.48. The molecule has 0 atom stereocenters. The molecule has 0 aliphatic carbocycles. The summed E-state index contributed by atoms with van der Waals surface area (Å²) in [5, 5.41) is 0. The highest BCUT2D eigenvalue weighted by Gasteiger charge is 1.91. The van der Waals surface area contributed by atoms with Crippen LogP contribution in [-0.4, -0.2) is 60.0 Å². The Bertz CT molecular complexity index is 103. The van der Waals surface area contributed by atoms with Gasteiger partial charge in [-0.2, -0.15) is 0 Å². The summed E-state index contributed by atoms with van der Waals surface area (Å²) in [7, 11) is 1.65. The lowest BCUT2D eigenvalue weighted by Crippen LogP contribution is -2.12. The molecule has 0 bridgehead atoms. The van der Waals surface area contributed by atoms with Crippen molar-refractivity contribution < 1.29 is 22.0 Å². The molecular formula is C9H19IO5. The molecule has 5 nitrogen and oxygen atoms in total. The van der Waals surface area contributed by atoms with Crippen LogP contribution in [0.1, 0.15) is 0 Å². The first kappa shape index (κ1) is 15.5. The van der Waals surface area contributed by atoms with Crippen LogP contribution in [-0.2, 0) is 22.0 Å². The number of halogens is 1. The lowest BCUT2D eigenvalue weighted by Gasteiger charge is -2.05. The number of rotatable bonds is 12. The van der Waals surface area contributed by atoms with Crippen LogP contribution in [0.5, 0.6) is 0 Å². The molecule has 0 amide bonds. The molecule has 0 aliphatic heterocycles. The van der Waals surface area contributed by atoms with E-state index in [0.29, 0.717) is 52.9 Å². The summed E-state index contributed by atoms with van der Waals surface area (Å²) in [4.78, 5) is 0. The van der Waals surface area contributed by atoms with Gasteiger partial charge in [-0.05, 0) is 0 Å². The van der Waals surface area contributed by atoms with Crippen molar-refractivity contribution in [3.05, 3.63) is 0 Å². The lowest BCUT2D eigenvalue weighted by molar-refractivity contribution is 0.00152. The van der Waals surface area contributed by atoms with Gasteiger partial charge in [0.15, 0.2) is 0 Å². The van der Waals surface area contributed by atoms with E-state index < -0.39 is 0 Å². The Hall–Kier alpha value is 0.530. The molecule has 0 spiro atoms. The number of hydrogen-bond acceptors (Lipinski definition) is 5. The maximum atomic E-state index is 5.26. The Labute approximate surface area is 105 Å². The third-order valence-corrected chi connectivity index (χ3v) is 1.92. The number of hydrogen-bond donors (Lipinski definition) is 0. The van der Waals surface area contributed by atoms with Crippen molar-refractivity contribution >= 4 is 23.0 Å². The largest absolute Gasteiger partial charge is 0.382 e. The molecule has 0 heterocycles. The standard InChI is InChI=1S/C9H19IO5/c1-11-2-3-12-4-5-13-6-7-14-8-9-15-10/h2-9H2,1H3. The molecule has 0 aromatic carbocycles. The van der Waals surface area contributed by atoms with Gasteiger partial charge in [0.05, 0.1) is 52.9 Å². The monoisotopic (exact) mass is 334 g/mol. The first-order valence-electron chi connectivity index (χ1n) is 4.87. The zero-order valence-corrected chi connectivity index (χ0v) is 11.2. The van der Waals surface area contributed by atoms with Crippen LogP contribution in [0.3, 0.4) is 0 Å². The molecule has 0 saturated carbocycles. The summed E-state index contributed by atoms with van der Waals surface area (Å²) in [6.07, 6.45) is 0. The molecule has 0 unspecified atom stereocenters. The van der Waals surface area contributed by atoms with Gasteiger partial charge in [0.2, 0.25) is 0 Å². The Morgan fingerprint density at radius 2 is 1.07 bits per heavy atom. The fourth-order valence-electron chi connectivity index (χ4n) is 0.775. The fraction of sp³-hybridized carbons (Fsp3) is 1.00. The molecule has 0 aromatic rings. The van der Waals surface area contributed by atoms with E-state index >= 15 is 0 Å². The van der Waals surface area contributed by atoms with Crippen LogP contribution in [0, 0.1) is 0 Å². The molecule has 0 radical (unpaired) electrons. The van der Waals surface area contributed by atoms with Gasteiger partial charge >= 0.3 is 0 Å². The Morgan fingerprint density at radius 1 is 0.667 bits per heavy atom. The molecule has 92 valence electrons. The smallest absolute Gasteiger partial charge is 0.109 e. The molecule has 0 saturated heterocycles. The zero-order valence-electron chi connectivity index (χ0n) is 9.08. The van der Waals surface area contributed by atoms with Crippen molar-refractivity contribution in [1.29, 1.82) is 0 Å². The quantitative estimate of drug-likeness (QED) is 0.394. The van der Waals surface area contributed by atoms with Crippen LogP contribution in [0.15, 0.2) is 0 Å². The summed E-state index contributed by atoms with van der Waals surface area (Å²) in [5.74, 6) is 0. The summed E-state index contributed by atoms with van der Waals surface area (Å²) >= 11 is 1.84. The zero-order chi connectivity index (χ0) is 11.2. The van der Waals surface area contributed by atoms with Gasteiger partial charge < -0.3 is 22.0 Å². The van der Waals surface area contributed by atoms with Crippen molar-refractivity contribution in [3.8, 4) is 0 Å². The maximum Gasteiger partial charge on any atom is 0.109 e. The van der Waals surface area contributed by atoms with Crippen LogP contribution >= 0.6 is 23.0 Å². The van der Waals surface area contributed by atoms with E-state index in [1.807, 2.05) is 23.0 Å². The van der Waals surface area contributed by atoms with Crippen molar-refractivity contribution in [3.63, 3.8) is 0 Å². The van der Waals surface area contributed by atoms with Crippen molar-refractivity contribution in [2.24, 2.45) is 0 Å². The predicted octanol–water partition coefficient (Wildman–Crippen LogP) is 1.05. The number of ether oxygens (including phenoxy) is 4. The minimum atomic E-state index is 0.592. The topological polar surface area (TPSA) is 46.2 Å². The molecule has 0 aromatic heterocycles. The second kappa shape index (κ2) is 14.5. The van der Waals surface area contributed by atoms with E-state index in [-0.39, 0.29) is 0 Å². The van der Waals surface area contributed by atoms with E-state index in [1.54, 1.807) is 7.11 Å². The van der Waals surface area contributed by atoms with Crippen LogP contribution in [0.25, 0.3) is 0 Å². The third kappa shape index (κ3) is 14.5. The Balaban J connectivity index is 2.81. The molecule has 0 N–H and O–H groups in total. The van der Waals surface area contributed by atoms with Gasteiger partial charge in [-0.1, -0.05) is 0 Å². The fourth-order valence-corrected chi connectivity index (χ4v) is 0.954. The summed E-state index contributed by atoms with van der Waals surface area (Å²) in [6, 6.07) is 0. The highest BCUT2D eigenvalue weighted by molar-refractivity contribution is 14.1. The van der Waals surface area contributed by atoms with E-state index in [2.05, 4.69) is 0 Å². The van der Waals surface area contributed by atoms with Crippen LogP contribution in [0.2, 0.25) is 0 Å². The second-order valence-electron chi connectivity index (χ2n) is 2.64. The normalized spacial score (nSPS) is 10.8. The first-order chi connectivity index (χ1) is 7.41. The lowest BCUT2D eigenvalue weighted by atomic mass is 10.7. The van der Waals surface area contributed by atoms with Crippen molar-refractivity contribution in [1.82, 2.24) is 0 Å². The van der Waals surface area contributed by atoms with Gasteiger partial charge in [-0.15, -0.1) is 0 Å². The molecule has 0 rings (SSSR count). The Morgan fingerprint density at radius 3 is 1.47 bits per heavy atom. The van der Waals surface area contributed by atoms with Gasteiger partial charge in [-0.3, -0.25) is 0 Å². The average Bonchev–Trinajstić information content (AvgIpc) is 2.26. The summed E-state index contributed by atoms with van der Waals surface area (Å²) in [5.41, 5.74) is 0. The van der Waals surface area contributed by atoms with Gasteiger partial charge in [-0.25, -0.2) is 0 Å². The van der Waals surface area contributed by atoms with E-state index in [4.69, 9.17) is 22.0 Å². The summed E-state index contributed by atoms with van der Waals surface area (Å²) in [6.45, 7) is 4.84. The van der Waals surface area contributed by atoms with Crippen LogP contribution < -0.4 is 0 Å². The SMILES string of the molecule is COCCOCCOCCOCCOI. The van der Waals surface area contributed by atoms with E-state index in [0.717, 1.165) is 0 Å². The minimum Gasteiger partial charge on any atom is -0.382 e. The van der Waals surface area contributed by atoms with Gasteiger partial charge in [0.1, 0.15) is 23.0 Å². The van der Waals surface area contributed by atoms with Crippen LogP contribution in [0.4, 0.5) is 0 Å². The van der Waals surface area contributed by atoms with E-state index in [1.165, 1.54) is 0 Å². The maximum absolute atomic E-state index is 5.26. The average molecular weight is 334 g/mol. The first-order valence-corrected chi connectivity index (χ1v) is 5.75. The van der Waals surface area contributed by atoms with Crippen molar-refractivity contribution in [2.75, 3.05) is 60.0 Å². The van der Waals surface area contributed by atoms with Gasteiger partial charge in [0.25, 0.3) is 0 Å². The molecular weight excluding hydrogens is 315 g/mol. The van der Waals surface area contributed by atoms with E-state index in [9.17, 15) is 0 Å². The van der Waals surface area contributed by atoms with Gasteiger partial charge in [0, 0.05) is 7.11 Å². The predicted molar refractivity (Wildman–Crippen MR) is 64.3 cm³/mol. The number of methoxy groups -OCH3 is 1. The van der Waals surface area contributed by atoms with Crippen molar-refractivity contribution in [2.45, 2.75) is 0 Å².